The Balaban J connectivity index is 2.38. The summed E-state index contributed by atoms with van der Waals surface area (Å²) in [6.07, 6.45) is 0.711. The highest BCUT2D eigenvalue weighted by atomic mass is 32.2. The van der Waals surface area contributed by atoms with Gasteiger partial charge in [0.15, 0.2) is 0 Å². The highest BCUT2D eigenvalue weighted by Crippen LogP contribution is 2.42. The minimum atomic E-state index is -0.841. The van der Waals surface area contributed by atoms with E-state index in [1.807, 2.05) is 6.92 Å². The summed E-state index contributed by atoms with van der Waals surface area (Å²) < 4.78 is 13.0. The molecule has 76 valence electrons. The van der Waals surface area contributed by atoms with Crippen LogP contribution in [0.5, 0.6) is 0 Å². The Morgan fingerprint density at radius 2 is 2.36 bits per heavy atom. The lowest BCUT2D eigenvalue weighted by molar-refractivity contribution is 0.0424. The van der Waals surface area contributed by atoms with E-state index in [1.165, 1.54) is 12.1 Å². The first-order valence-electron chi connectivity index (χ1n) is 4.73. The van der Waals surface area contributed by atoms with Gasteiger partial charge in [-0.15, -0.1) is 0 Å². The Morgan fingerprint density at radius 3 is 2.93 bits per heavy atom. The first-order chi connectivity index (χ1) is 6.63. The zero-order chi connectivity index (χ0) is 10.2. The molecule has 1 aromatic carbocycles. The second kappa shape index (κ2) is 3.55. The Bertz CT molecular complexity index is 342. The molecular formula is C11H13FOS. The maximum absolute atomic E-state index is 13.0. The molecule has 1 N–H and O–H groups in total. The number of thioether (sulfide) groups is 1. The van der Waals surface area contributed by atoms with Crippen molar-refractivity contribution in [2.24, 2.45) is 0 Å². The molecule has 1 saturated heterocycles. The van der Waals surface area contributed by atoms with Crippen LogP contribution in [0.4, 0.5) is 4.39 Å². The van der Waals surface area contributed by atoms with Crippen molar-refractivity contribution >= 4 is 11.8 Å². The third-order valence-electron chi connectivity index (χ3n) is 2.85. The average molecular weight is 212 g/mol. The van der Waals surface area contributed by atoms with E-state index in [1.54, 1.807) is 23.9 Å². The van der Waals surface area contributed by atoms with Crippen LogP contribution in [0, 0.1) is 5.82 Å². The number of halogens is 1. The number of aliphatic hydroxyl groups is 1. The van der Waals surface area contributed by atoms with Crippen molar-refractivity contribution in [2.45, 2.75) is 24.2 Å². The Labute approximate surface area is 87.3 Å². The quantitative estimate of drug-likeness (QED) is 0.772. The topological polar surface area (TPSA) is 20.2 Å². The molecule has 1 heterocycles. The molecule has 1 fully saturated rings. The molecule has 1 aliphatic rings. The molecule has 1 aromatic rings. The Morgan fingerprint density at radius 1 is 1.57 bits per heavy atom. The Kier molecular flexibility index (Phi) is 2.54. The molecule has 1 nitrogen and oxygen atoms in total. The molecule has 0 spiro atoms. The van der Waals surface area contributed by atoms with Crippen molar-refractivity contribution in [3.8, 4) is 0 Å². The summed E-state index contributed by atoms with van der Waals surface area (Å²) in [5, 5.41) is 10.5. The monoisotopic (exact) mass is 212 g/mol. The SMILES string of the molecule is C[C@@H]1SCC[C@@]1(O)c1cccc(F)c1. The summed E-state index contributed by atoms with van der Waals surface area (Å²) in [6, 6.07) is 6.28. The molecule has 0 aliphatic carbocycles. The van der Waals surface area contributed by atoms with E-state index in [-0.39, 0.29) is 11.1 Å². The molecule has 0 saturated carbocycles. The van der Waals surface area contributed by atoms with Gasteiger partial charge in [-0.25, -0.2) is 4.39 Å². The second-order valence-corrected chi connectivity index (χ2v) is 5.15. The zero-order valence-electron chi connectivity index (χ0n) is 8.03. The van der Waals surface area contributed by atoms with Gasteiger partial charge in [0.25, 0.3) is 0 Å². The standard InChI is InChI=1S/C11H13FOS/c1-8-11(13,5-6-14-8)9-3-2-4-10(12)7-9/h2-4,7-8,13H,5-6H2,1H3/t8-,11-/m0/s1. The van der Waals surface area contributed by atoms with E-state index >= 15 is 0 Å². The van der Waals surface area contributed by atoms with E-state index in [2.05, 4.69) is 0 Å². The molecule has 2 rings (SSSR count). The van der Waals surface area contributed by atoms with Gasteiger partial charge in [-0.2, -0.15) is 11.8 Å². The van der Waals surface area contributed by atoms with Gasteiger partial charge in [-0.05, 0) is 29.9 Å². The van der Waals surface area contributed by atoms with Crippen molar-refractivity contribution in [1.82, 2.24) is 0 Å². The molecule has 14 heavy (non-hydrogen) atoms. The lowest BCUT2D eigenvalue weighted by Crippen LogP contribution is -2.31. The minimum absolute atomic E-state index is 0.143. The predicted octanol–water partition coefficient (Wildman–Crippen LogP) is 2.54. The molecule has 0 unspecified atom stereocenters. The van der Waals surface area contributed by atoms with Crippen LogP contribution >= 0.6 is 11.8 Å². The molecule has 1 aliphatic heterocycles. The highest BCUT2D eigenvalue weighted by molar-refractivity contribution is 8.00. The smallest absolute Gasteiger partial charge is 0.123 e. The Hall–Kier alpha value is -0.540. The summed E-state index contributed by atoms with van der Waals surface area (Å²) in [7, 11) is 0. The van der Waals surface area contributed by atoms with Crippen LogP contribution in [0.1, 0.15) is 18.9 Å². The molecule has 0 radical (unpaired) electrons. The van der Waals surface area contributed by atoms with Gasteiger partial charge in [0, 0.05) is 5.25 Å². The van der Waals surface area contributed by atoms with Crippen LogP contribution in [-0.2, 0) is 5.60 Å². The summed E-state index contributed by atoms with van der Waals surface area (Å²) in [6.45, 7) is 1.99. The lowest BCUT2D eigenvalue weighted by Gasteiger charge is -2.27. The van der Waals surface area contributed by atoms with E-state index in [0.29, 0.717) is 12.0 Å². The molecule has 0 amide bonds. The van der Waals surface area contributed by atoms with Crippen LogP contribution in [0.25, 0.3) is 0 Å². The van der Waals surface area contributed by atoms with Gasteiger partial charge >= 0.3 is 0 Å². The summed E-state index contributed by atoms with van der Waals surface area (Å²) >= 11 is 1.73. The molecule has 0 bridgehead atoms. The number of hydrogen-bond donors (Lipinski definition) is 1. The van der Waals surface area contributed by atoms with Gasteiger partial charge in [0.1, 0.15) is 11.4 Å². The summed E-state index contributed by atoms with van der Waals surface area (Å²) in [4.78, 5) is 0. The molecule has 3 heteroatoms. The lowest BCUT2D eigenvalue weighted by atomic mass is 9.88. The fraction of sp³-hybridized carbons (Fsp3) is 0.455. The zero-order valence-corrected chi connectivity index (χ0v) is 8.85. The van der Waals surface area contributed by atoms with Crippen LogP contribution in [0.2, 0.25) is 0 Å². The third kappa shape index (κ3) is 1.55. The summed E-state index contributed by atoms with van der Waals surface area (Å²) in [5.74, 6) is 0.661. The average Bonchev–Trinajstić information content (AvgIpc) is 2.49. The van der Waals surface area contributed by atoms with Gasteiger partial charge < -0.3 is 5.11 Å². The van der Waals surface area contributed by atoms with E-state index < -0.39 is 5.60 Å². The van der Waals surface area contributed by atoms with Crippen LogP contribution < -0.4 is 0 Å². The molecule has 0 aromatic heterocycles. The molecular weight excluding hydrogens is 199 g/mol. The van der Waals surface area contributed by atoms with Crippen molar-refractivity contribution in [2.75, 3.05) is 5.75 Å². The predicted molar refractivity (Wildman–Crippen MR) is 56.8 cm³/mol. The summed E-state index contributed by atoms with van der Waals surface area (Å²) in [5.41, 5.74) is -0.137. The van der Waals surface area contributed by atoms with Crippen molar-refractivity contribution in [3.63, 3.8) is 0 Å². The van der Waals surface area contributed by atoms with E-state index in [9.17, 15) is 9.50 Å². The fourth-order valence-corrected chi connectivity index (χ4v) is 3.18. The van der Waals surface area contributed by atoms with Gasteiger partial charge in [-0.3, -0.25) is 0 Å². The number of hydrogen-bond acceptors (Lipinski definition) is 2. The number of rotatable bonds is 1. The van der Waals surface area contributed by atoms with Crippen LogP contribution in [0.15, 0.2) is 24.3 Å². The van der Waals surface area contributed by atoms with Gasteiger partial charge in [-0.1, -0.05) is 19.1 Å². The molecule has 2 atom stereocenters. The largest absolute Gasteiger partial charge is 0.384 e. The van der Waals surface area contributed by atoms with Crippen molar-refractivity contribution in [3.05, 3.63) is 35.6 Å². The third-order valence-corrected chi connectivity index (χ3v) is 4.18. The van der Waals surface area contributed by atoms with E-state index in [4.69, 9.17) is 0 Å². The maximum atomic E-state index is 13.0. The fourth-order valence-electron chi connectivity index (χ4n) is 1.87. The van der Waals surface area contributed by atoms with Crippen LogP contribution in [-0.4, -0.2) is 16.1 Å². The first-order valence-corrected chi connectivity index (χ1v) is 5.78. The first kappa shape index (κ1) is 9.99. The van der Waals surface area contributed by atoms with Crippen LogP contribution in [0.3, 0.4) is 0 Å². The highest BCUT2D eigenvalue weighted by Gasteiger charge is 2.40. The second-order valence-electron chi connectivity index (χ2n) is 3.70. The minimum Gasteiger partial charge on any atom is -0.384 e. The van der Waals surface area contributed by atoms with Crippen molar-refractivity contribution in [1.29, 1.82) is 0 Å². The van der Waals surface area contributed by atoms with E-state index in [0.717, 1.165) is 5.75 Å². The van der Waals surface area contributed by atoms with Gasteiger partial charge in [0.05, 0.1) is 0 Å². The normalized spacial score (nSPS) is 32.1. The maximum Gasteiger partial charge on any atom is 0.123 e. The number of benzene rings is 1. The van der Waals surface area contributed by atoms with Gasteiger partial charge in [0.2, 0.25) is 0 Å². The van der Waals surface area contributed by atoms with Crippen molar-refractivity contribution < 1.29 is 9.50 Å².